The monoisotopic (exact) mass is 374 g/mol. The number of amides is 2. The Morgan fingerprint density at radius 3 is 2.56 bits per heavy atom. The molecule has 0 bridgehead atoms. The van der Waals surface area contributed by atoms with Crippen molar-refractivity contribution in [2.24, 2.45) is 0 Å². The van der Waals surface area contributed by atoms with Gasteiger partial charge in [-0.3, -0.25) is 9.59 Å². The molecule has 8 nitrogen and oxygen atoms in total. The second kappa shape index (κ2) is 8.13. The van der Waals surface area contributed by atoms with Crippen molar-refractivity contribution in [1.82, 2.24) is 5.32 Å². The van der Waals surface area contributed by atoms with Crippen molar-refractivity contribution >= 4 is 17.5 Å². The summed E-state index contributed by atoms with van der Waals surface area (Å²) in [6.07, 6.45) is -0.508. The number of benzene rings is 1. The van der Waals surface area contributed by atoms with Gasteiger partial charge in [0.25, 0.3) is 0 Å². The summed E-state index contributed by atoms with van der Waals surface area (Å²) in [5.41, 5.74) is 1.12. The third-order valence-electron chi connectivity index (χ3n) is 4.15. The van der Waals surface area contributed by atoms with E-state index in [1.54, 1.807) is 38.1 Å². The molecular formula is C19H22N2O6. The van der Waals surface area contributed by atoms with Crippen molar-refractivity contribution in [3.8, 4) is 11.5 Å². The topological polar surface area (TPSA) is 110 Å². The van der Waals surface area contributed by atoms with E-state index in [1.807, 2.05) is 0 Å². The fourth-order valence-electron chi connectivity index (χ4n) is 2.85. The van der Waals surface area contributed by atoms with Gasteiger partial charge in [0.15, 0.2) is 11.5 Å². The van der Waals surface area contributed by atoms with Gasteiger partial charge in [0.2, 0.25) is 0 Å². The van der Waals surface area contributed by atoms with Crippen LogP contribution in [0, 0.1) is 13.8 Å². The summed E-state index contributed by atoms with van der Waals surface area (Å²) in [5.74, 6) is 0.900. The average Bonchev–Trinajstić information content (AvgIpc) is 2.99. The zero-order valence-corrected chi connectivity index (χ0v) is 15.2. The summed E-state index contributed by atoms with van der Waals surface area (Å²) in [6, 6.07) is 6.67. The zero-order valence-electron chi connectivity index (χ0n) is 15.2. The highest BCUT2D eigenvalue weighted by Gasteiger charge is 2.18. The highest BCUT2D eigenvalue weighted by atomic mass is 16.6. The number of aliphatic hydroxyl groups excluding tert-OH is 1. The van der Waals surface area contributed by atoms with Crippen LogP contribution in [0.1, 0.15) is 29.6 Å². The van der Waals surface area contributed by atoms with Gasteiger partial charge in [-0.05, 0) is 38.5 Å². The molecule has 1 aromatic carbocycles. The van der Waals surface area contributed by atoms with E-state index in [9.17, 15) is 14.7 Å². The summed E-state index contributed by atoms with van der Waals surface area (Å²) in [6.45, 7) is 4.63. The highest BCUT2D eigenvalue weighted by molar-refractivity contribution is 6.39. The number of fused-ring (bicyclic) bond motifs is 1. The summed E-state index contributed by atoms with van der Waals surface area (Å²) < 4.78 is 16.2. The second-order valence-electron chi connectivity index (χ2n) is 6.24. The number of aliphatic hydroxyl groups is 1. The van der Waals surface area contributed by atoms with Crippen molar-refractivity contribution in [2.45, 2.75) is 26.4 Å². The number of rotatable bonds is 5. The van der Waals surface area contributed by atoms with Crippen LogP contribution in [0.4, 0.5) is 5.69 Å². The molecule has 27 heavy (non-hydrogen) atoms. The standard InChI is InChI=1S/C19H22N2O6/c1-11-9-14(12(2)27-11)15(22)5-6-20-18(23)19(24)21-13-3-4-16-17(10-13)26-8-7-25-16/h3-4,9-10,15,22H,5-8H2,1-2H3,(H,20,23)(H,21,24)/t15-/m1/s1. The Hall–Kier alpha value is -3.00. The number of carbonyl (C=O) groups excluding carboxylic acids is 2. The van der Waals surface area contributed by atoms with Gasteiger partial charge in [0, 0.05) is 23.9 Å². The van der Waals surface area contributed by atoms with Gasteiger partial charge in [-0.15, -0.1) is 0 Å². The number of hydrogen-bond acceptors (Lipinski definition) is 6. The van der Waals surface area contributed by atoms with Crippen LogP contribution in [0.25, 0.3) is 0 Å². The van der Waals surface area contributed by atoms with Crippen molar-refractivity contribution in [3.05, 3.63) is 41.3 Å². The molecule has 8 heteroatoms. The van der Waals surface area contributed by atoms with E-state index in [-0.39, 0.29) is 13.0 Å². The van der Waals surface area contributed by atoms with E-state index in [4.69, 9.17) is 13.9 Å². The molecule has 0 aliphatic carbocycles. The average molecular weight is 374 g/mol. The van der Waals surface area contributed by atoms with Crippen LogP contribution in [0.15, 0.2) is 28.7 Å². The lowest BCUT2D eigenvalue weighted by molar-refractivity contribution is -0.136. The van der Waals surface area contributed by atoms with Gasteiger partial charge < -0.3 is 29.6 Å². The van der Waals surface area contributed by atoms with Crippen LogP contribution in [0.2, 0.25) is 0 Å². The third-order valence-corrected chi connectivity index (χ3v) is 4.15. The van der Waals surface area contributed by atoms with Gasteiger partial charge in [-0.2, -0.15) is 0 Å². The van der Waals surface area contributed by atoms with E-state index in [0.29, 0.717) is 47.5 Å². The van der Waals surface area contributed by atoms with Crippen LogP contribution in [0.3, 0.4) is 0 Å². The molecule has 0 saturated heterocycles. The molecular weight excluding hydrogens is 352 g/mol. The SMILES string of the molecule is Cc1cc([C@H](O)CCNC(=O)C(=O)Nc2ccc3c(c2)OCCO3)c(C)o1. The summed E-state index contributed by atoms with van der Waals surface area (Å²) >= 11 is 0. The van der Waals surface area contributed by atoms with E-state index in [1.165, 1.54) is 0 Å². The minimum atomic E-state index is -0.795. The molecule has 0 radical (unpaired) electrons. The van der Waals surface area contributed by atoms with Crippen LogP contribution >= 0.6 is 0 Å². The Morgan fingerprint density at radius 2 is 1.85 bits per heavy atom. The van der Waals surface area contributed by atoms with Crippen molar-refractivity contribution in [1.29, 1.82) is 0 Å². The lowest BCUT2D eigenvalue weighted by Gasteiger charge is -2.19. The molecule has 0 spiro atoms. The first kappa shape index (κ1) is 18.8. The van der Waals surface area contributed by atoms with Gasteiger partial charge in [-0.1, -0.05) is 0 Å². The Morgan fingerprint density at radius 1 is 1.11 bits per heavy atom. The molecule has 1 atom stereocenters. The summed E-state index contributed by atoms with van der Waals surface area (Å²) in [4.78, 5) is 24.0. The molecule has 0 saturated carbocycles. The Kier molecular flexibility index (Phi) is 5.66. The van der Waals surface area contributed by atoms with E-state index in [2.05, 4.69) is 10.6 Å². The highest BCUT2D eigenvalue weighted by Crippen LogP contribution is 2.32. The third kappa shape index (κ3) is 4.59. The molecule has 2 heterocycles. The molecule has 1 aromatic heterocycles. The Balaban J connectivity index is 1.48. The lowest BCUT2D eigenvalue weighted by Crippen LogP contribution is -2.36. The van der Waals surface area contributed by atoms with Gasteiger partial charge >= 0.3 is 11.8 Å². The molecule has 0 unspecified atom stereocenters. The fraction of sp³-hybridized carbons (Fsp3) is 0.368. The second-order valence-corrected chi connectivity index (χ2v) is 6.24. The van der Waals surface area contributed by atoms with Gasteiger partial charge in [0.1, 0.15) is 24.7 Å². The number of furan rings is 1. The van der Waals surface area contributed by atoms with Crippen molar-refractivity contribution < 1.29 is 28.6 Å². The molecule has 2 amide bonds. The molecule has 1 aliphatic rings. The van der Waals surface area contributed by atoms with Crippen LogP contribution < -0.4 is 20.1 Å². The molecule has 1 aliphatic heterocycles. The number of hydrogen-bond donors (Lipinski definition) is 3. The minimum Gasteiger partial charge on any atom is -0.486 e. The minimum absolute atomic E-state index is 0.151. The predicted octanol–water partition coefficient (Wildman–Crippen LogP) is 1.85. The first-order valence-corrected chi connectivity index (χ1v) is 8.68. The van der Waals surface area contributed by atoms with E-state index < -0.39 is 17.9 Å². The molecule has 3 N–H and O–H groups in total. The molecule has 2 aromatic rings. The zero-order chi connectivity index (χ0) is 19.4. The summed E-state index contributed by atoms with van der Waals surface area (Å²) in [7, 11) is 0. The smallest absolute Gasteiger partial charge is 0.313 e. The van der Waals surface area contributed by atoms with Crippen molar-refractivity contribution in [3.63, 3.8) is 0 Å². The quantitative estimate of drug-likeness (QED) is 0.689. The maximum Gasteiger partial charge on any atom is 0.313 e. The Labute approximate surface area is 156 Å². The number of aryl methyl sites for hydroxylation is 2. The Bertz CT molecular complexity index is 845. The van der Waals surface area contributed by atoms with E-state index >= 15 is 0 Å². The number of ether oxygens (including phenoxy) is 2. The van der Waals surface area contributed by atoms with E-state index in [0.717, 1.165) is 0 Å². The van der Waals surface area contributed by atoms with Gasteiger partial charge in [0.05, 0.1) is 6.10 Å². The van der Waals surface area contributed by atoms with Crippen molar-refractivity contribution in [2.75, 3.05) is 25.1 Å². The number of nitrogens with one attached hydrogen (secondary N) is 2. The first-order chi connectivity index (χ1) is 12.9. The van der Waals surface area contributed by atoms with Gasteiger partial charge in [-0.25, -0.2) is 0 Å². The first-order valence-electron chi connectivity index (χ1n) is 8.68. The lowest BCUT2D eigenvalue weighted by atomic mass is 10.1. The maximum absolute atomic E-state index is 12.0. The fourth-order valence-corrected chi connectivity index (χ4v) is 2.85. The molecule has 144 valence electrons. The predicted molar refractivity (Wildman–Crippen MR) is 96.8 cm³/mol. The molecule has 3 rings (SSSR count). The largest absolute Gasteiger partial charge is 0.486 e. The number of anilines is 1. The normalized spacial score (nSPS) is 13.7. The molecule has 0 fully saturated rings. The van der Waals surface area contributed by atoms with Crippen LogP contribution in [-0.4, -0.2) is 36.7 Å². The summed E-state index contributed by atoms with van der Waals surface area (Å²) in [5, 5.41) is 15.2. The van der Waals surface area contributed by atoms with Crippen LogP contribution in [-0.2, 0) is 9.59 Å². The van der Waals surface area contributed by atoms with Crippen LogP contribution in [0.5, 0.6) is 11.5 Å². The maximum atomic E-state index is 12.0. The number of carbonyl (C=O) groups is 2.